The van der Waals surface area contributed by atoms with Crippen LogP contribution in [-0.2, 0) is 4.79 Å². The minimum absolute atomic E-state index is 0.0156. The molecule has 110 valence electrons. The number of amides is 1. The first-order valence-corrected chi connectivity index (χ1v) is 7.01. The molecule has 1 aliphatic rings. The van der Waals surface area contributed by atoms with Crippen LogP contribution >= 0.6 is 0 Å². The van der Waals surface area contributed by atoms with E-state index in [1.165, 1.54) is 4.80 Å². The van der Waals surface area contributed by atoms with Gasteiger partial charge in [0.2, 0.25) is 5.91 Å². The summed E-state index contributed by atoms with van der Waals surface area (Å²) in [7, 11) is 0. The van der Waals surface area contributed by atoms with Gasteiger partial charge in [0.25, 0.3) is 0 Å². The molecule has 0 radical (unpaired) electrons. The fourth-order valence-corrected chi connectivity index (χ4v) is 2.30. The molecule has 0 unspecified atom stereocenters. The second kappa shape index (κ2) is 6.47. The van der Waals surface area contributed by atoms with Crippen molar-refractivity contribution in [2.24, 2.45) is 0 Å². The molecule has 0 aliphatic carbocycles. The van der Waals surface area contributed by atoms with Gasteiger partial charge in [-0.05, 0) is 24.3 Å². The second-order valence-electron chi connectivity index (χ2n) is 4.94. The molecule has 0 bridgehead atoms. The molecule has 0 atom stereocenters. The molecule has 0 spiro atoms. The van der Waals surface area contributed by atoms with E-state index >= 15 is 0 Å². The lowest BCUT2D eigenvalue weighted by atomic mass is 10.3. The summed E-state index contributed by atoms with van der Waals surface area (Å²) in [4.78, 5) is 15.7. The normalized spacial score (nSPS) is 15.8. The number of anilines is 1. The van der Waals surface area contributed by atoms with E-state index in [0.717, 1.165) is 37.6 Å². The Balaban J connectivity index is 1.56. The molecule has 2 heterocycles. The Kier molecular flexibility index (Phi) is 4.23. The summed E-state index contributed by atoms with van der Waals surface area (Å²) >= 11 is 0. The number of nitrogens with zero attached hydrogens (tertiary/aromatic N) is 4. The Bertz CT molecular complexity index is 574. The van der Waals surface area contributed by atoms with Crippen LogP contribution < -0.4 is 10.6 Å². The van der Waals surface area contributed by atoms with Gasteiger partial charge in [-0.1, -0.05) is 0 Å². The van der Waals surface area contributed by atoms with Gasteiger partial charge in [-0.2, -0.15) is 15.0 Å². The number of nitrogens with one attached hydrogen (secondary N) is 2. The predicted octanol–water partition coefficient (Wildman–Crippen LogP) is 0.111. The van der Waals surface area contributed by atoms with Crippen molar-refractivity contribution in [3.63, 3.8) is 0 Å². The van der Waals surface area contributed by atoms with Crippen LogP contribution in [0.15, 0.2) is 36.7 Å². The Labute approximate surface area is 122 Å². The van der Waals surface area contributed by atoms with Crippen LogP contribution in [0.4, 0.5) is 5.69 Å². The van der Waals surface area contributed by atoms with Crippen molar-refractivity contribution in [3.8, 4) is 5.69 Å². The molecule has 1 aromatic carbocycles. The smallest absolute Gasteiger partial charge is 0.238 e. The Morgan fingerprint density at radius 1 is 1.14 bits per heavy atom. The summed E-state index contributed by atoms with van der Waals surface area (Å²) in [5.74, 6) is 0.0156. The molecule has 2 aromatic rings. The molecule has 3 rings (SSSR count). The topological polar surface area (TPSA) is 75.1 Å². The summed E-state index contributed by atoms with van der Waals surface area (Å²) in [6.45, 7) is 4.15. The Hall–Kier alpha value is -2.25. The molecule has 21 heavy (non-hydrogen) atoms. The van der Waals surface area contributed by atoms with E-state index in [-0.39, 0.29) is 5.91 Å². The quantitative estimate of drug-likeness (QED) is 0.834. The van der Waals surface area contributed by atoms with Gasteiger partial charge in [-0.15, -0.1) is 0 Å². The highest BCUT2D eigenvalue weighted by Crippen LogP contribution is 2.11. The zero-order valence-electron chi connectivity index (χ0n) is 11.7. The summed E-state index contributed by atoms with van der Waals surface area (Å²) in [5.41, 5.74) is 1.64. The number of benzene rings is 1. The van der Waals surface area contributed by atoms with E-state index < -0.39 is 0 Å². The van der Waals surface area contributed by atoms with E-state index in [4.69, 9.17) is 0 Å². The summed E-state index contributed by atoms with van der Waals surface area (Å²) in [6, 6.07) is 7.46. The third-order valence-corrected chi connectivity index (χ3v) is 3.38. The van der Waals surface area contributed by atoms with E-state index in [0.29, 0.717) is 6.54 Å². The first-order chi connectivity index (χ1) is 10.3. The average Bonchev–Trinajstić information content (AvgIpc) is 3.03. The van der Waals surface area contributed by atoms with Crippen LogP contribution in [0.2, 0.25) is 0 Å². The van der Waals surface area contributed by atoms with Crippen LogP contribution in [0.25, 0.3) is 5.69 Å². The largest absolute Gasteiger partial charge is 0.325 e. The van der Waals surface area contributed by atoms with E-state index in [9.17, 15) is 4.79 Å². The SMILES string of the molecule is O=C(CN1CCNCC1)Nc1ccc(-n2nccn2)cc1. The van der Waals surface area contributed by atoms with Gasteiger partial charge in [0.15, 0.2) is 0 Å². The molecule has 7 heteroatoms. The van der Waals surface area contributed by atoms with Crippen LogP contribution in [0.3, 0.4) is 0 Å². The zero-order valence-corrected chi connectivity index (χ0v) is 11.7. The lowest BCUT2D eigenvalue weighted by Gasteiger charge is -2.26. The third-order valence-electron chi connectivity index (χ3n) is 3.38. The van der Waals surface area contributed by atoms with Gasteiger partial charge in [-0.3, -0.25) is 9.69 Å². The molecule has 0 saturated carbocycles. The molecule has 1 amide bonds. The number of rotatable bonds is 4. The Morgan fingerprint density at radius 2 is 1.81 bits per heavy atom. The van der Waals surface area contributed by atoms with Gasteiger partial charge in [0.1, 0.15) is 0 Å². The first kappa shape index (κ1) is 13.7. The molecular weight excluding hydrogens is 268 g/mol. The van der Waals surface area contributed by atoms with Gasteiger partial charge in [0.05, 0.1) is 24.6 Å². The van der Waals surface area contributed by atoms with Crippen molar-refractivity contribution >= 4 is 11.6 Å². The van der Waals surface area contributed by atoms with Crippen molar-refractivity contribution < 1.29 is 4.79 Å². The maximum atomic E-state index is 12.0. The van der Waals surface area contributed by atoms with Crippen molar-refractivity contribution in [2.45, 2.75) is 0 Å². The number of carbonyl (C=O) groups excluding carboxylic acids is 1. The minimum Gasteiger partial charge on any atom is -0.325 e. The van der Waals surface area contributed by atoms with Crippen LogP contribution in [0.1, 0.15) is 0 Å². The second-order valence-corrected chi connectivity index (χ2v) is 4.94. The number of carbonyl (C=O) groups is 1. The highest BCUT2D eigenvalue weighted by Gasteiger charge is 2.13. The third kappa shape index (κ3) is 3.65. The molecule has 1 saturated heterocycles. The van der Waals surface area contributed by atoms with Gasteiger partial charge in [-0.25, -0.2) is 0 Å². The number of hydrogen-bond acceptors (Lipinski definition) is 5. The predicted molar refractivity (Wildman–Crippen MR) is 79.3 cm³/mol. The number of piperazine rings is 1. The van der Waals surface area contributed by atoms with Crippen molar-refractivity contribution in [1.82, 2.24) is 25.2 Å². The highest BCUT2D eigenvalue weighted by molar-refractivity contribution is 5.92. The lowest BCUT2D eigenvalue weighted by molar-refractivity contribution is -0.117. The molecule has 7 nitrogen and oxygen atoms in total. The van der Waals surface area contributed by atoms with Gasteiger partial charge >= 0.3 is 0 Å². The summed E-state index contributed by atoms with van der Waals surface area (Å²) < 4.78 is 0. The van der Waals surface area contributed by atoms with E-state index in [1.54, 1.807) is 12.4 Å². The summed E-state index contributed by atoms with van der Waals surface area (Å²) in [5, 5.41) is 14.3. The molecular formula is C14H18N6O. The zero-order chi connectivity index (χ0) is 14.5. The molecule has 1 fully saturated rings. The van der Waals surface area contributed by atoms with Gasteiger partial charge < -0.3 is 10.6 Å². The van der Waals surface area contributed by atoms with Crippen LogP contribution in [-0.4, -0.2) is 58.5 Å². The van der Waals surface area contributed by atoms with E-state index in [1.807, 2.05) is 24.3 Å². The summed E-state index contributed by atoms with van der Waals surface area (Å²) in [6.07, 6.45) is 3.26. The van der Waals surface area contributed by atoms with Crippen molar-refractivity contribution in [2.75, 3.05) is 38.0 Å². The van der Waals surface area contributed by atoms with E-state index in [2.05, 4.69) is 25.7 Å². The lowest BCUT2D eigenvalue weighted by Crippen LogP contribution is -2.46. The highest BCUT2D eigenvalue weighted by atomic mass is 16.2. The fraction of sp³-hybridized carbons (Fsp3) is 0.357. The van der Waals surface area contributed by atoms with Crippen molar-refractivity contribution in [3.05, 3.63) is 36.7 Å². The number of hydrogen-bond donors (Lipinski definition) is 2. The average molecular weight is 286 g/mol. The van der Waals surface area contributed by atoms with Gasteiger partial charge in [0, 0.05) is 31.9 Å². The maximum absolute atomic E-state index is 12.0. The monoisotopic (exact) mass is 286 g/mol. The van der Waals surface area contributed by atoms with Crippen LogP contribution in [0.5, 0.6) is 0 Å². The van der Waals surface area contributed by atoms with Crippen LogP contribution in [0, 0.1) is 0 Å². The first-order valence-electron chi connectivity index (χ1n) is 7.01. The fourth-order valence-electron chi connectivity index (χ4n) is 2.30. The standard InChI is InChI=1S/C14H18N6O/c21-14(11-19-9-7-15-8-10-19)18-12-1-3-13(4-2-12)20-16-5-6-17-20/h1-6,15H,7-11H2,(H,18,21). The molecule has 2 N–H and O–H groups in total. The molecule has 1 aromatic heterocycles. The minimum atomic E-state index is 0.0156. The van der Waals surface area contributed by atoms with Crippen molar-refractivity contribution in [1.29, 1.82) is 0 Å². The molecule has 1 aliphatic heterocycles. The maximum Gasteiger partial charge on any atom is 0.238 e. The Morgan fingerprint density at radius 3 is 2.48 bits per heavy atom. The number of aromatic nitrogens is 3.